The van der Waals surface area contributed by atoms with Crippen LogP contribution in [0.3, 0.4) is 0 Å². The molecule has 0 saturated carbocycles. The zero-order valence-electron chi connectivity index (χ0n) is 38.8. The molecule has 3 rings (SSSR count). The van der Waals surface area contributed by atoms with Gasteiger partial charge in [-0.15, -0.1) is 0 Å². The molecule has 0 radical (unpaired) electrons. The number of ether oxygens (including phenoxy) is 6. The number of carbonyl (C=O) groups excluding carboxylic acids is 6. The topological polar surface area (TPSA) is 269 Å². The van der Waals surface area contributed by atoms with Gasteiger partial charge in [0.15, 0.2) is 18.4 Å². The van der Waals surface area contributed by atoms with Crippen molar-refractivity contribution < 1.29 is 62.3 Å². The van der Waals surface area contributed by atoms with Crippen molar-refractivity contribution in [2.24, 2.45) is 0 Å². The second-order valence-corrected chi connectivity index (χ2v) is 16.1. The summed E-state index contributed by atoms with van der Waals surface area (Å²) >= 11 is 0. The molecule has 0 aliphatic carbocycles. The number of benzene rings is 1. The molecule has 5 N–H and O–H groups in total. The highest BCUT2D eigenvalue weighted by atomic mass is 16.6. The summed E-state index contributed by atoms with van der Waals surface area (Å²) in [6.07, 6.45) is 3.58. The lowest BCUT2D eigenvalue weighted by Crippen LogP contribution is -2.56. The molecule has 20 nitrogen and oxygen atoms in total. The summed E-state index contributed by atoms with van der Waals surface area (Å²) in [5.41, 5.74) is -0.976. The van der Waals surface area contributed by atoms with Crippen molar-refractivity contribution in [1.29, 1.82) is 0 Å². The molecule has 1 aromatic carbocycles. The van der Waals surface area contributed by atoms with Crippen LogP contribution in [0.25, 0.3) is 0 Å². The van der Waals surface area contributed by atoms with E-state index in [4.69, 9.17) is 28.4 Å². The summed E-state index contributed by atoms with van der Waals surface area (Å²) in [4.78, 5) is 104. The Balaban J connectivity index is 1.64. The Labute approximate surface area is 385 Å². The number of rotatable bonds is 30. The first-order valence-electron chi connectivity index (χ1n) is 23.0. The molecule has 1 saturated heterocycles. The maximum Gasteiger partial charge on any atom is 0.408 e. The third kappa shape index (κ3) is 19.1. The predicted octanol–water partition coefficient (Wildman–Crippen LogP) is 3.61. The van der Waals surface area contributed by atoms with Crippen LogP contribution in [0.1, 0.15) is 130 Å². The van der Waals surface area contributed by atoms with Crippen LogP contribution in [-0.4, -0.2) is 113 Å². The van der Waals surface area contributed by atoms with E-state index >= 15 is 0 Å². The van der Waals surface area contributed by atoms with Gasteiger partial charge in [-0.05, 0) is 38.8 Å². The summed E-state index contributed by atoms with van der Waals surface area (Å²) in [7, 11) is 0. The Morgan fingerprint density at radius 3 is 2.02 bits per heavy atom. The van der Waals surface area contributed by atoms with Crippen LogP contribution in [0.5, 0.6) is 0 Å². The van der Waals surface area contributed by atoms with Gasteiger partial charge in [0.05, 0.1) is 6.61 Å². The normalized spacial score (nSPS) is 18.5. The number of esters is 4. The second-order valence-electron chi connectivity index (χ2n) is 16.1. The Hall–Kier alpha value is -5.60. The first-order valence-corrected chi connectivity index (χ1v) is 23.0. The van der Waals surface area contributed by atoms with Crippen LogP contribution in [0.15, 0.2) is 52.2 Å². The van der Waals surface area contributed by atoms with E-state index in [1.54, 1.807) is 31.2 Å². The number of hydrogen-bond acceptors (Lipinski definition) is 16. The minimum atomic E-state index is -1.86. The van der Waals surface area contributed by atoms with Gasteiger partial charge in [0.1, 0.15) is 37.0 Å². The Morgan fingerprint density at radius 2 is 1.41 bits per heavy atom. The van der Waals surface area contributed by atoms with Crippen LogP contribution in [0.4, 0.5) is 4.79 Å². The maximum absolute atomic E-state index is 13.6. The van der Waals surface area contributed by atoms with Crippen LogP contribution >= 0.6 is 0 Å². The van der Waals surface area contributed by atoms with Crippen molar-refractivity contribution >= 4 is 35.9 Å². The number of aliphatic hydroxyl groups excluding tert-OH is 1. The number of nitrogens with zero attached hydrogens (tertiary/aromatic N) is 1. The zero-order valence-corrected chi connectivity index (χ0v) is 38.8. The SMILES string of the molecule is CCCCCCCCCCCCCC(=O)OC(C)[C@H](NC(=O)OCc1ccccc1)C(=O)NCCCNC(C(=O)OCC)C(O)[C@H]1O[C@@H](n2ccc(=O)[nH]c2=O)[C@H](OC(C)=O)[C@@H]1OC(C)=O. The van der Waals surface area contributed by atoms with Gasteiger partial charge >= 0.3 is 35.7 Å². The van der Waals surface area contributed by atoms with Gasteiger partial charge in [-0.1, -0.05) is 101 Å². The molecule has 66 heavy (non-hydrogen) atoms. The summed E-state index contributed by atoms with van der Waals surface area (Å²) in [5, 5.41) is 19.8. The minimum Gasteiger partial charge on any atom is -0.465 e. The third-order valence-corrected chi connectivity index (χ3v) is 10.7. The molecule has 2 aromatic rings. The van der Waals surface area contributed by atoms with Crippen molar-refractivity contribution in [2.45, 2.75) is 174 Å². The molecule has 1 aliphatic heterocycles. The van der Waals surface area contributed by atoms with E-state index in [2.05, 4.69) is 27.9 Å². The van der Waals surface area contributed by atoms with Crippen molar-refractivity contribution in [3.63, 3.8) is 0 Å². The Bertz CT molecular complexity index is 1940. The van der Waals surface area contributed by atoms with Crippen molar-refractivity contribution in [3.8, 4) is 0 Å². The van der Waals surface area contributed by atoms with E-state index in [0.717, 1.165) is 49.9 Å². The zero-order chi connectivity index (χ0) is 48.4. The van der Waals surface area contributed by atoms with E-state index < -0.39 is 96.0 Å². The lowest BCUT2D eigenvalue weighted by molar-refractivity contribution is -0.168. The van der Waals surface area contributed by atoms with Crippen LogP contribution < -0.4 is 27.2 Å². The van der Waals surface area contributed by atoms with Crippen molar-refractivity contribution in [1.82, 2.24) is 25.5 Å². The van der Waals surface area contributed by atoms with E-state index in [9.17, 15) is 43.5 Å². The highest BCUT2D eigenvalue weighted by Crippen LogP contribution is 2.35. The Morgan fingerprint density at radius 1 is 0.788 bits per heavy atom. The van der Waals surface area contributed by atoms with Crippen molar-refractivity contribution in [2.75, 3.05) is 19.7 Å². The molecular formula is C46H69N5O15. The second kappa shape index (κ2) is 29.8. The first-order chi connectivity index (χ1) is 31.7. The molecule has 1 aliphatic rings. The lowest BCUT2D eigenvalue weighted by atomic mass is 9.98. The number of hydrogen-bond donors (Lipinski definition) is 5. The van der Waals surface area contributed by atoms with E-state index in [1.807, 2.05) is 6.07 Å². The highest BCUT2D eigenvalue weighted by Gasteiger charge is 2.55. The van der Waals surface area contributed by atoms with E-state index in [1.165, 1.54) is 51.9 Å². The van der Waals surface area contributed by atoms with Crippen LogP contribution in [0.2, 0.25) is 0 Å². The molecular weight excluding hydrogens is 863 g/mol. The van der Waals surface area contributed by atoms with Crippen molar-refractivity contribution in [3.05, 3.63) is 69.0 Å². The number of alkyl carbamates (subject to hydrolysis) is 1. The number of amides is 2. The largest absolute Gasteiger partial charge is 0.465 e. The van der Waals surface area contributed by atoms with Gasteiger partial charge in [-0.2, -0.15) is 0 Å². The summed E-state index contributed by atoms with van der Waals surface area (Å²) in [5.74, 6) is -3.85. The Kier molecular flexibility index (Phi) is 24.7. The first kappa shape index (κ1) is 54.7. The number of H-pyrrole nitrogens is 1. The van der Waals surface area contributed by atoms with Gasteiger partial charge in [-0.3, -0.25) is 38.3 Å². The third-order valence-electron chi connectivity index (χ3n) is 10.7. The molecule has 1 fully saturated rings. The highest BCUT2D eigenvalue weighted by molar-refractivity contribution is 5.86. The molecule has 368 valence electrons. The number of carbonyl (C=O) groups is 6. The van der Waals surface area contributed by atoms with Crippen LogP contribution in [0, 0.1) is 0 Å². The number of unbranched alkanes of at least 4 members (excludes halogenated alkanes) is 10. The lowest BCUT2D eigenvalue weighted by Gasteiger charge is -2.30. The molecule has 2 amide bonds. The minimum absolute atomic E-state index is 0.0319. The van der Waals surface area contributed by atoms with Gasteiger partial charge in [-0.25, -0.2) is 9.59 Å². The molecule has 2 heterocycles. The van der Waals surface area contributed by atoms with Gasteiger partial charge in [0.25, 0.3) is 5.56 Å². The summed E-state index contributed by atoms with van der Waals surface area (Å²) in [6.45, 7) is 7.12. The molecule has 20 heteroatoms. The molecule has 8 atom stereocenters. The van der Waals surface area contributed by atoms with E-state index in [-0.39, 0.29) is 39.1 Å². The fourth-order valence-corrected chi connectivity index (χ4v) is 7.42. The molecule has 0 spiro atoms. The van der Waals surface area contributed by atoms with Gasteiger partial charge in [0, 0.05) is 39.1 Å². The predicted molar refractivity (Wildman–Crippen MR) is 239 cm³/mol. The maximum atomic E-state index is 13.6. The van der Waals surface area contributed by atoms with Gasteiger partial charge in [0.2, 0.25) is 5.91 Å². The summed E-state index contributed by atoms with van der Waals surface area (Å²) < 4.78 is 33.8. The molecule has 1 aromatic heterocycles. The van der Waals surface area contributed by atoms with E-state index in [0.29, 0.717) is 12.0 Å². The number of aromatic nitrogens is 2. The molecule has 0 bridgehead atoms. The summed E-state index contributed by atoms with van der Waals surface area (Å²) in [6, 6.07) is 7.02. The van der Waals surface area contributed by atoms with Gasteiger partial charge < -0.3 is 49.5 Å². The number of aliphatic hydroxyl groups is 1. The quantitative estimate of drug-likeness (QED) is 0.0425. The fraction of sp³-hybridized carbons (Fsp3) is 0.652. The average molecular weight is 932 g/mol. The number of nitrogens with one attached hydrogen (secondary N) is 4. The monoisotopic (exact) mass is 931 g/mol. The van der Waals surface area contributed by atoms with Crippen LogP contribution in [-0.2, 0) is 59.0 Å². The fourth-order valence-electron chi connectivity index (χ4n) is 7.42. The smallest absolute Gasteiger partial charge is 0.408 e. The number of aromatic amines is 1. The molecule has 3 unspecified atom stereocenters. The standard InChI is InChI=1S/C46H69N5O15/c1-6-8-9-10-11-12-13-14-15-16-20-24-35(55)63-30(3)36(50-46(60)62-29-33-22-18-17-19-23-33)42(57)48-27-21-26-47-37(44(58)61-7-2)38(56)39-40(64-31(4)52)41(65-32(5)53)43(66-39)51-28-25-34(54)49-45(51)59/h17-19,22-23,25,28,30,36-41,43,47,56H,6-16,20-21,24,26-27,29H2,1-5H3,(H,48,57)(H,50,60)(H,49,54,59)/t30?,36-,37?,38?,39+,40+,41+,43+/m0/s1. The average Bonchev–Trinajstić information content (AvgIpc) is 3.60.